The zero-order valence-electron chi connectivity index (χ0n) is 8.41. The second-order valence-electron chi connectivity index (χ2n) is 3.25. The summed E-state index contributed by atoms with van der Waals surface area (Å²) in [5.74, 6) is -0.812. The van der Waals surface area contributed by atoms with Crippen molar-refractivity contribution in [2.45, 2.75) is 12.7 Å². The molecule has 7 heteroatoms. The van der Waals surface area contributed by atoms with Gasteiger partial charge in [-0.15, -0.1) is 8.78 Å². The fraction of sp³-hybridized carbons (Fsp3) is 0.200. The fourth-order valence-corrected chi connectivity index (χ4v) is 1.31. The normalized spacial score (nSPS) is 15.4. The number of rotatable bonds is 3. The van der Waals surface area contributed by atoms with Crippen molar-refractivity contribution in [3.8, 4) is 11.5 Å². The first-order valence-corrected chi connectivity index (χ1v) is 4.63. The Morgan fingerprint density at radius 2 is 2.06 bits per heavy atom. The van der Waals surface area contributed by atoms with Crippen LogP contribution in [0.25, 0.3) is 0 Å². The Balaban J connectivity index is 2.14. The maximum Gasteiger partial charge on any atom is 0.586 e. The third kappa shape index (κ3) is 2.49. The van der Waals surface area contributed by atoms with E-state index in [0.29, 0.717) is 6.29 Å². The minimum atomic E-state index is -3.69. The molecule has 0 aromatic heterocycles. The van der Waals surface area contributed by atoms with Gasteiger partial charge in [0.1, 0.15) is 6.29 Å². The third-order valence-corrected chi connectivity index (χ3v) is 1.95. The van der Waals surface area contributed by atoms with E-state index in [4.69, 9.17) is 0 Å². The number of benzene rings is 1. The number of hydrogen-bond acceptors (Lipinski definition) is 4. The zero-order chi connectivity index (χ0) is 12.5. The van der Waals surface area contributed by atoms with E-state index >= 15 is 0 Å². The maximum absolute atomic E-state index is 12.7. The van der Waals surface area contributed by atoms with Gasteiger partial charge in [-0.3, -0.25) is 4.79 Å². The van der Waals surface area contributed by atoms with Crippen molar-refractivity contribution in [3.63, 3.8) is 0 Å². The summed E-state index contributed by atoms with van der Waals surface area (Å²) in [5.41, 5.74) is 0.247. The molecule has 17 heavy (non-hydrogen) atoms. The van der Waals surface area contributed by atoms with Crippen molar-refractivity contribution < 1.29 is 27.8 Å². The van der Waals surface area contributed by atoms with Gasteiger partial charge in [-0.05, 0) is 12.1 Å². The molecule has 0 aliphatic carbocycles. The Hall–Kier alpha value is -2.18. The Kier molecular flexibility index (Phi) is 2.66. The van der Waals surface area contributed by atoms with Crippen molar-refractivity contribution in [1.29, 1.82) is 0 Å². The Morgan fingerprint density at radius 1 is 1.35 bits per heavy atom. The number of halogens is 2. The van der Waals surface area contributed by atoms with E-state index in [0.717, 1.165) is 0 Å². The maximum atomic E-state index is 12.7. The molecule has 1 heterocycles. The van der Waals surface area contributed by atoms with Gasteiger partial charge < -0.3 is 19.6 Å². The highest BCUT2D eigenvalue weighted by Gasteiger charge is 2.43. The van der Waals surface area contributed by atoms with Gasteiger partial charge in [0, 0.05) is 11.8 Å². The second-order valence-corrected chi connectivity index (χ2v) is 3.25. The average Bonchev–Trinajstić information content (AvgIpc) is 2.51. The topological polar surface area (TPSA) is 64.6 Å². The first-order chi connectivity index (χ1) is 8.00. The molecule has 5 nitrogen and oxygen atoms in total. The number of alkyl halides is 2. The molecule has 1 amide bonds. The average molecular weight is 243 g/mol. The van der Waals surface area contributed by atoms with E-state index in [9.17, 15) is 18.4 Å². The van der Waals surface area contributed by atoms with E-state index in [1.54, 1.807) is 0 Å². The van der Waals surface area contributed by atoms with Crippen LogP contribution in [0.3, 0.4) is 0 Å². The minimum absolute atomic E-state index is 0.108. The van der Waals surface area contributed by atoms with Crippen molar-refractivity contribution >= 4 is 17.9 Å². The molecule has 0 unspecified atom stereocenters. The van der Waals surface area contributed by atoms with Gasteiger partial charge in [-0.25, -0.2) is 0 Å². The van der Waals surface area contributed by atoms with Crippen LogP contribution in [0.5, 0.6) is 11.5 Å². The number of carbonyl (C=O) groups excluding carboxylic acids is 2. The molecule has 1 aromatic carbocycles. The van der Waals surface area contributed by atoms with Crippen molar-refractivity contribution in [1.82, 2.24) is 0 Å². The van der Waals surface area contributed by atoms with Crippen LogP contribution in [0.15, 0.2) is 18.2 Å². The third-order valence-electron chi connectivity index (χ3n) is 1.95. The molecule has 0 fully saturated rings. The lowest BCUT2D eigenvalue weighted by molar-refractivity contribution is -0.286. The number of hydrogen-bond donors (Lipinski definition) is 1. The van der Waals surface area contributed by atoms with Crippen LogP contribution in [-0.4, -0.2) is 18.5 Å². The monoisotopic (exact) mass is 243 g/mol. The first-order valence-electron chi connectivity index (χ1n) is 4.63. The van der Waals surface area contributed by atoms with E-state index in [2.05, 4.69) is 14.8 Å². The van der Waals surface area contributed by atoms with Crippen molar-refractivity contribution in [2.24, 2.45) is 0 Å². The van der Waals surface area contributed by atoms with Crippen molar-refractivity contribution in [2.75, 3.05) is 5.32 Å². The number of ether oxygens (including phenoxy) is 2. The number of amides is 1. The summed E-state index contributed by atoms with van der Waals surface area (Å²) in [6.07, 6.45) is -3.55. The van der Waals surface area contributed by atoms with Crippen LogP contribution in [0.1, 0.15) is 6.42 Å². The van der Waals surface area contributed by atoms with Gasteiger partial charge in [-0.2, -0.15) is 0 Å². The highest BCUT2D eigenvalue weighted by Crippen LogP contribution is 2.42. The Bertz CT molecular complexity index is 475. The predicted molar refractivity (Wildman–Crippen MR) is 52.0 cm³/mol. The molecule has 0 atom stereocenters. The largest absolute Gasteiger partial charge is 0.586 e. The van der Waals surface area contributed by atoms with Gasteiger partial charge in [0.15, 0.2) is 11.5 Å². The predicted octanol–water partition coefficient (Wildman–Crippen LogP) is 1.54. The highest BCUT2D eigenvalue weighted by molar-refractivity contribution is 5.98. The van der Waals surface area contributed by atoms with E-state index in [-0.39, 0.29) is 23.6 Å². The molecule has 0 radical (unpaired) electrons. The van der Waals surface area contributed by atoms with Crippen molar-refractivity contribution in [3.05, 3.63) is 18.2 Å². The smallest absolute Gasteiger partial charge is 0.395 e. The fourth-order valence-electron chi connectivity index (χ4n) is 1.31. The number of carbonyl (C=O) groups is 2. The van der Waals surface area contributed by atoms with Gasteiger partial charge in [0.2, 0.25) is 5.91 Å². The molecule has 0 spiro atoms. The Morgan fingerprint density at radius 3 is 2.76 bits per heavy atom. The molecule has 1 aromatic rings. The summed E-state index contributed by atoms with van der Waals surface area (Å²) in [6, 6.07) is 3.80. The molecular weight excluding hydrogens is 236 g/mol. The lowest BCUT2D eigenvalue weighted by Crippen LogP contribution is -2.25. The summed E-state index contributed by atoms with van der Waals surface area (Å²) >= 11 is 0. The summed E-state index contributed by atoms with van der Waals surface area (Å²) in [7, 11) is 0. The van der Waals surface area contributed by atoms with Gasteiger partial charge in [-0.1, -0.05) is 0 Å². The molecule has 1 aliphatic heterocycles. The molecular formula is C10H7F2NO4. The standard InChI is InChI=1S/C10H7F2NO4/c11-10(12)16-7-2-1-6(5-8(7)17-10)13-9(15)3-4-14/h1-2,4-5H,3H2,(H,13,15). The molecule has 0 saturated carbocycles. The highest BCUT2D eigenvalue weighted by atomic mass is 19.3. The number of nitrogens with one attached hydrogen (secondary N) is 1. The summed E-state index contributed by atoms with van der Waals surface area (Å²) in [6.45, 7) is 0. The Labute approximate surface area is 94.3 Å². The van der Waals surface area contributed by atoms with Gasteiger partial charge in [0.25, 0.3) is 0 Å². The van der Waals surface area contributed by atoms with Crippen LogP contribution < -0.4 is 14.8 Å². The first kappa shape index (κ1) is 11.3. The van der Waals surface area contributed by atoms with Gasteiger partial charge >= 0.3 is 6.29 Å². The van der Waals surface area contributed by atoms with E-state index in [1.165, 1.54) is 18.2 Å². The van der Waals surface area contributed by atoms with Crippen LogP contribution in [0, 0.1) is 0 Å². The van der Waals surface area contributed by atoms with E-state index in [1.807, 2.05) is 0 Å². The molecule has 2 rings (SSSR count). The molecule has 1 aliphatic rings. The summed E-state index contributed by atoms with van der Waals surface area (Å²) in [4.78, 5) is 21.2. The number of aldehydes is 1. The quantitative estimate of drug-likeness (QED) is 0.646. The van der Waals surface area contributed by atoms with Crippen LogP contribution >= 0.6 is 0 Å². The second kappa shape index (κ2) is 4.00. The molecule has 0 saturated heterocycles. The lowest BCUT2D eigenvalue weighted by atomic mass is 10.2. The summed E-state index contributed by atoms with van der Waals surface area (Å²) < 4.78 is 33.7. The molecule has 90 valence electrons. The minimum Gasteiger partial charge on any atom is -0.395 e. The molecule has 0 bridgehead atoms. The van der Waals surface area contributed by atoms with E-state index < -0.39 is 12.2 Å². The SMILES string of the molecule is O=CCC(=O)Nc1ccc2c(c1)OC(F)(F)O2. The van der Waals surface area contributed by atoms with Crippen LogP contribution in [0.2, 0.25) is 0 Å². The zero-order valence-corrected chi connectivity index (χ0v) is 8.41. The van der Waals surface area contributed by atoms with Crippen LogP contribution in [-0.2, 0) is 9.59 Å². The van der Waals surface area contributed by atoms with Gasteiger partial charge in [0.05, 0.1) is 6.42 Å². The molecule has 1 N–H and O–H groups in total. The summed E-state index contributed by atoms with van der Waals surface area (Å²) in [5, 5.41) is 2.35. The number of anilines is 1. The number of fused-ring (bicyclic) bond motifs is 1. The lowest BCUT2D eigenvalue weighted by Gasteiger charge is -2.04. The van der Waals surface area contributed by atoms with Crippen LogP contribution in [0.4, 0.5) is 14.5 Å².